The summed E-state index contributed by atoms with van der Waals surface area (Å²) in [6.45, 7) is 6.04. The third-order valence-electron chi connectivity index (χ3n) is 9.20. The van der Waals surface area contributed by atoms with Crippen LogP contribution in [0.1, 0.15) is 64.4 Å². The lowest BCUT2D eigenvalue weighted by atomic mass is 9.47. The van der Waals surface area contributed by atoms with E-state index in [0.29, 0.717) is 24.0 Å². The van der Waals surface area contributed by atoms with Crippen LogP contribution in [0.4, 0.5) is 0 Å². The molecule has 7 atom stereocenters. The molecule has 0 amide bonds. The highest BCUT2D eigenvalue weighted by molar-refractivity contribution is 5.70. The maximum absolute atomic E-state index is 13.2. The predicted molar refractivity (Wildman–Crippen MR) is 130 cm³/mol. The number of carbonyl (C=O) groups excluding carboxylic acids is 2. The second-order valence-electron chi connectivity index (χ2n) is 11.2. The fraction of sp³-hybridized carbons (Fsp3) is 0.714. The van der Waals surface area contributed by atoms with Gasteiger partial charge < -0.3 is 19.3 Å². The van der Waals surface area contributed by atoms with E-state index in [1.807, 2.05) is 0 Å². The number of nitrogens with zero attached hydrogens (tertiary/aromatic N) is 1. The molecule has 2 heterocycles. The average molecular weight is 486 g/mol. The minimum Gasteiger partial charge on any atom is -0.504 e. The molecule has 35 heavy (non-hydrogen) atoms. The Morgan fingerprint density at radius 2 is 1.86 bits per heavy atom. The number of phenolic OH excluding ortho intramolecular Hbond substituents is 1. The maximum atomic E-state index is 13.2. The third-order valence-corrected chi connectivity index (χ3v) is 9.20. The number of piperidine rings is 2. The molecule has 1 unspecified atom stereocenters. The largest absolute Gasteiger partial charge is 0.504 e. The van der Waals surface area contributed by atoms with Gasteiger partial charge in [0.15, 0.2) is 11.5 Å². The standard InChI is InChI=1S/C28H39NO6/c1-17-14-20-21-6-4-12-29-13-5-7-22(28(21,29)16-17)27(26(20)34-18(2)30)35-25(32)11-9-19-8-10-23(31)24(15-19)33-3/h8,10,15,17,20-22,26-27,31H,4-7,9,11-14,16H2,1-3H3/t17?,20-,21-,22-,26+,27+,28-/m1/s1. The molecule has 2 aliphatic heterocycles. The number of hydrogen-bond acceptors (Lipinski definition) is 7. The first-order valence-corrected chi connectivity index (χ1v) is 13.3. The molecule has 5 rings (SSSR count). The second-order valence-corrected chi connectivity index (χ2v) is 11.2. The van der Waals surface area contributed by atoms with Crippen molar-refractivity contribution < 1.29 is 28.9 Å². The molecule has 4 fully saturated rings. The second kappa shape index (κ2) is 9.64. The van der Waals surface area contributed by atoms with E-state index in [9.17, 15) is 14.7 Å². The molecule has 2 saturated carbocycles. The SMILES string of the molecule is COc1cc(CCC(=O)O[C@@H]2[C@@H](OC(C)=O)[C@@H]3CC(C)C[C@]45[C@@H]3CCCN4CCC[C@H]25)ccc1O. The zero-order chi connectivity index (χ0) is 24.7. The van der Waals surface area contributed by atoms with E-state index >= 15 is 0 Å². The van der Waals surface area contributed by atoms with Crippen LogP contribution in [0.2, 0.25) is 0 Å². The van der Waals surface area contributed by atoms with Gasteiger partial charge in [0.05, 0.1) is 7.11 Å². The number of hydrogen-bond donors (Lipinski definition) is 1. The van der Waals surface area contributed by atoms with E-state index in [2.05, 4.69) is 11.8 Å². The zero-order valence-electron chi connectivity index (χ0n) is 21.2. The van der Waals surface area contributed by atoms with Crippen LogP contribution in [0.5, 0.6) is 11.5 Å². The first-order chi connectivity index (χ1) is 16.8. The van der Waals surface area contributed by atoms with Crippen molar-refractivity contribution in [2.24, 2.45) is 23.7 Å². The van der Waals surface area contributed by atoms with Crippen molar-refractivity contribution in [2.75, 3.05) is 20.2 Å². The number of rotatable bonds is 6. The van der Waals surface area contributed by atoms with E-state index in [1.165, 1.54) is 26.9 Å². The summed E-state index contributed by atoms with van der Waals surface area (Å²) < 4.78 is 17.5. The molecule has 2 aliphatic carbocycles. The number of aryl methyl sites for hydroxylation is 1. The minimum absolute atomic E-state index is 0.0603. The number of ether oxygens (including phenoxy) is 3. The van der Waals surface area contributed by atoms with Crippen molar-refractivity contribution in [2.45, 2.75) is 83.0 Å². The van der Waals surface area contributed by atoms with Crippen molar-refractivity contribution in [3.8, 4) is 11.5 Å². The molecule has 7 nitrogen and oxygen atoms in total. The fourth-order valence-electron chi connectivity index (χ4n) is 8.18. The Balaban J connectivity index is 1.39. The van der Waals surface area contributed by atoms with Crippen LogP contribution in [0.3, 0.4) is 0 Å². The summed E-state index contributed by atoms with van der Waals surface area (Å²) in [7, 11) is 1.51. The van der Waals surface area contributed by atoms with Crippen LogP contribution in [0.25, 0.3) is 0 Å². The predicted octanol–water partition coefficient (Wildman–Crippen LogP) is 4.10. The zero-order valence-corrected chi connectivity index (χ0v) is 21.2. The molecule has 192 valence electrons. The number of phenols is 1. The minimum atomic E-state index is -0.393. The Bertz CT molecular complexity index is 963. The molecule has 2 saturated heterocycles. The van der Waals surface area contributed by atoms with Crippen LogP contribution >= 0.6 is 0 Å². The van der Waals surface area contributed by atoms with E-state index in [1.54, 1.807) is 18.2 Å². The van der Waals surface area contributed by atoms with Gasteiger partial charge in [0.1, 0.15) is 12.2 Å². The van der Waals surface area contributed by atoms with Crippen molar-refractivity contribution in [1.29, 1.82) is 0 Å². The van der Waals surface area contributed by atoms with Crippen molar-refractivity contribution in [1.82, 2.24) is 4.90 Å². The number of aromatic hydroxyl groups is 1. The van der Waals surface area contributed by atoms with Crippen molar-refractivity contribution in [3.63, 3.8) is 0 Å². The first-order valence-electron chi connectivity index (χ1n) is 13.3. The van der Waals surface area contributed by atoms with Gasteiger partial charge in [-0.1, -0.05) is 13.0 Å². The highest BCUT2D eigenvalue weighted by atomic mass is 16.6. The fourth-order valence-corrected chi connectivity index (χ4v) is 8.18. The normalized spacial score (nSPS) is 36.1. The monoisotopic (exact) mass is 485 g/mol. The summed E-state index contributed by atoms with van der Waals surface area (Å²) in [6.07, 6.45) is 6.59. The van der Waals surface area contributed by atoms with Gasteiger partial charge in [-0.25, -0.2) is 0 Å². The van der Waals surface area contributed by atoms with Gasteiger partial charge in [0.25, 0.3) is 0 Å². The molecular formula is C28H39NO6. The average Bonchev–Trinajstić information content (AvgIpc) is 2.82. The Labute approximate surface area is 208 Å². The first kappa shape index (κ1) is 24.4. The molecule has 1 spiro atoms. The Morgan fingerprint density at radius 1 is 1.11 bits per heavy atom. The van der Waals surface area contributed by atoms with E-state index in [-0.39, 0.29) is 47.6 Å². The molecule has 1 aromatic carbocycles. The summed E-state index contributed by atoms with van der Waals surface area (Å²) in [5, 5.41) is 9.84. The van der Waals surface area contributed by atoms with E-state index in [4.69, 9.17) is 14.2 Å². The van der Waals surface area contributed by atoms with Crippen LogP contribution in [-0.2, 0) is 25.5 Å². The molecule has 1 aromatic rings. The van der Waals surface area contributed by atoms with Gasteiger partial charge in [0, 0.05) is 30.7 Å². The molecule has 7 heteroatoms. The Kier molecular flexibility index (Phi) is 6.73. The van der Waals surface area contributed by atoms with Gasteiger partial charge >= 0.3 is 11.9 Å². The van der Waals surface area contributed by atoms with Gasteiger partial charge in [-0.3, -0.25) is 14.5 Å². The molecule has 0 radical (unpaired) electrons. The Hall–Kier alpha value is -2.28. The van der Waals surface area contributed by atoms with E-state index in [0.717, 1.165) is 44.3 Å². The summed E-state index contributed by atoms with van der Waals surface area (Å²) in [6, 6.07) is 5.13. The smallest absolute Gasteiger partial charge is 0.306 e. The lowest BCUT2D eigenvalue weighted by Crippen LogP contribution is -2.75. The number of methoxy groups -OCH3 is 1. The van der Waals surface area contributed by atoms with Crippen LogP contribution in [0, 0.1) is 23.7 Å². The number of carbonyl (C=O) groups is 2. The number of benzene rings is 1. The van der Waals surface area contributed by atoms with Crippen LogP contribution in [0.15, 0.2) is 18.2 Å². The third kappa shape index (κ3) is 4.30. The highest BCUT2D eigenvalue weighted by Gasteiger charge is 2.67. The molecule has 4 aliphatic rings. The lowest BCUT2D eigenvalue weighted by Gasteiger charge is -2.69. The van der Waals surface area contributed by atoms with Crippen LogP contribution < -0.4 is 4.74 Å². The molecular weight excluding hydrogens is 446 g/mol. The van der Waals surface area contributed by atoms with Gasteiger partial charge in [-0.05, 0) is 87.6 Å². The van der Waals surface area contributed by atoms with Crippen molar-refractivity contribution >= 4 is 11.9 Å². The quantitative estimate of drug-likeness (QED) is 0.607. The topological polar surface area (TPSA) is 85.3 Å². The maximum Gasteiger partial charge on any atom is 0.306 e. The van der Waals surface area contributed by atoms with Gasteiger partial charge in [-0.15, -0.1) is 0 Å². The lowest BCUT2D eigenvalue weighted by molar-refractivity contribution is -0.249. The van der Waals surface area contributed by atoms with Crippen molar-refractivity contribution in [3.05, 3.63) is 23.8 Å². The summed E-state index contributed by atoms with van der Waals surface area (Å²) in [4.78, 5) is 28.1. The summed E-state index contributed by atoms with van der Waals surface area (Å²) >= 11 is 0. The van der Waals surface area contributed by atoms with Gasteiger partial charge in [0.2, 0.25) is 0 Å². The van der Waals surface area contributed by atoms with E-state index < -0.39 is 6.10 Å². The molecule has 2 bridgehead atoms. The van der Waals surface area contributed by atoms with Gasteiger partial charge in [-0.2, -0.15) is 0 Å². The molecule has 1 N–H and O–H groups in total. The number of esters is 2. The Morgan fingerprint density at radius 3 is 2.57 bits per heavy atom. The highest BCUT2D eigenvalue weighted by Crippen LogP contribution is 2.61. The molecule has 0 aromatic heterocycles. The summed E-state index contributed by atoms with van der Waals surface area (Å²) in [5.74, 6) is 1.42. The summed E-state index contributed by atoms with van der Waals surface area (Å²) in [5.41, 5.74) is 0.961. The van der Waals surface area contributed by atoms with Crippen LogP contribution in [-0.4, -0.2) is 59.9 Å².